The van der Waals surface area contributed by atoms with Crippen LogP contribution in [-0.2, 0) is 16.0 Å². The zero-order valence-corrected chi connectivity index (χ0v) is 15.1. The van der Waals surface area contributed by atoms with Crippen molar-refractivity contribution in [1.29, 1.82) is 0 Å². The number of halogens is 2. The molecule has 0 atom stereocenters. The highest BCUT2D eigenvalue weighted by atomic mass is 35.5. The van der Waals surface area contributed by atoms with Crippen LogP contribution in [0.25, 0.3) is 0 Å². The molecule has 0 unspecified atom stereocenters. The SMILES string of the molecule is COc1cc(CCC(=O)NC(=O)CCl)ccc1Oc1ccc(Cl)cc1. The monoisotopic (exact) mass is 381 g/mol. The van der Waals surface area contributed by atoms with E-state index in [1.807, 2.05) is 6.07 Å². The number of carbonyl (C=O) groups excluding carboxylic acids is 2. The van der Waals surface area contributed by atoms with E-state index in [0.717, 1.165) is 5.56 Å². The molecule has 0 saturated carbocycles. The van der Waals surface area contributed by atoms with Gasteiger partial charge in [-0.3, -0.25) is 14.9 Å². The molecule has 0 heterocycles. The molecule has 2 amide bonds. The molecule has 132 valence electrons. The topological polar surface area (TPSA) is 64.6 Å². The zero-order chi connectivity index (χ0) is 18.2. The minimum Gasteiger partial charge on any atom is -0.493 e. The summed E-state index contributed by atoms with van der Waals surface area (Å²) in [7, 11) is 1.54. The Kier molecular flexibility index (Phi) is 7.10. The van der Waals surface area contributed by atoms with Crippen molar-refractivity contribution in [2.45, 2.75) is 12.8 Å². The summed E-state index contributed by atoms with van der Waals surface area (Å²) in [5, 5.41) is 2.83. The van der Waals surface area contributed by atoms with E-state index in [0.29, 0.717) is 28.7 Å². The van der Waals surface area contributed by atoms with E-state index in [1.54, 1.807) is 43.5 Å². The lowest BCUT2D eigenvalue weighted by molar-refractivity contribution is -0.129. The van der Waals surface area contributed by atoms with Crippen LogP contribution in [0.3, 0.4) is 0 Å². The van der Waals surface area contributed by atoms with Crippen LogP contribution in [0.2, 0.25) is 5.02 Å². The number of ether oxygens (including phenoxy) is 2. The molecule has 5 nitrogen and oxygen atoms in total. The smallest absolute Gasteiger partial charge is 0.241 e. The first-order chi connectivity index (χ1) is 12.0. The second-order valence-electron chi connectivity index (χ2n) is 5.15. The highest BCUT2D eigenvalue weighted by Crippen LogP contribution is 2.33. The highest BCUT2D eigenvalue weighted by molar-refractivity contribution is 6.30. The molecule has 0 fully saturated rings. The van der Waals surface area contributed by atoms with E-state index in [2.05, 4.69) is 5.32 Å². The number of amides is 2. The van der Waals surface area contributed by atoms with E-state index >= 15 is 0 Å². The molecule has 2 aromatic carbocycles. The Labute approximate surface area is 155 Å². The van der Waals surface area contributed by atoms with E-state index in [-0.39, 0.29) is 18.2 Å². The van der Waals surface area contributed by atoms with Crippen LogP contribution in [-0.4, -0.2) is 24.8 Å². The Balaban J connectivity index is 2.02. The predicted molar refractivity (Wildman–Crippen MR) is 96.7 cm³/mol. The second-order valence-corrected chi connectivity index (χ2v) is 5.85. The molecule has 0 aromatic heterocycles. The van der Waals surface area contributed by atoms with E-state index in [1.165, 1.54) is 0 Å². The maximum atomic E-state index is 11.6. The lowest BCUT2D eigenvalue weighted by Crippen LogP contribution is -2.31. The Hall–Kier alpha value is -2.24. The zero-order valence-electron chi connectivity index (χ0n) is 13.6. The first-order valence-electron chi connectivity index (χ1n) is 7.51. The number of nitrogens with one attached hydrogen (secondary N) is 1. The number of carbonyl (C=O) groups is 2. The summed E-state index contributed by atoms with van der Waals surface area (Å²) in [4.78, 5) is 22.7. The van der Waals surface area contributed by atoms with Crippen molar-refractivity contribution in [3.05, 3.63) is 53.1 Å². The third-order valence-corrected chi connectivity index (χ3v) is 3.81. The van der Waals surface area contributed by atoms with Crippen LogP contribution in [0.4, 0.5) is 0 Å². The van der Waals surface area contributed by atoms with Gasteiger partial charge < -0.3 is 9.47 Å². The largest absolute Gasteiger partial charge is 0.493 e. The number of hydrogen-bond donors (Lipinski definition) is 1. The van der Waals surface area contributed by atoms with Crippen molar-refractivity contribution in [2.24, 2.45) is 0 Å². The summed E-state index contributed by atoms with van der Waals surface area (Å²) < 4.78 is 11.1. The van der Waals surface area contributed by atoms with Gasteiger partial charge in [0.1, 0.15) is 11.6 Å². The molecule has 0 aliphatic heterocycles. The third kappa shape index (κ3) is 5.96. The average molecular weight is 382 g/mol. The van der Waals surface area contributed by atoms with Crippen molar-refractivity contribution in [2.75, 3.05) is 13.0 Å². The maximum absolute atomic E-state index is 11.6. The number of hydrogen-bond acceptors (Lipinski definition) is 4. The summed E-state index contributed by atoms with van der Waals surface area (Å²) >= 11 is 11.2. The summed E-state index contributed by atoms with van der Waals surface area (Å²) in [5.74, 6) is 0.618. The molecular formula is C18H17Cl2NO4. The van der Waals surface area contributed by atoms with Crippen molar-refractivity contribution in [3.8, 4) is 17.2 Å². The van der Waals surface area contributed by atoms with Crippen molar-refractivity contribution < 1.29 is 19.1 Å². The molecule has 0 bridgehead atoms. The minimum atomic E-state index is -0.504. The van der Waals surface area contributed by atoms with Gasteiger partial charge in [0.15, 0.2) is 11.5 Å². The molecule has 0 saturated heterocycles. The number of methoxy groups -OCH3 is 1. The first kappa shape index (κ1) is 19.1. The van der Waals surface area contributed by atoms with Crippen molar-refractivity contribution in [3.63, 3.8) is 0 Å². The normalized spacial score (nSPS) is 10.2. The van der Waals surface area contributed by atoms with Crippen LogP contribution < -0.4 is 14.8 Å². The van der Waals surface area contributed by atoms with Gasteiger partial charge in [-0.05, 0) is 48.4 Å². The number of benzene rings is 2. The molecule has 0 spiro atoms. The molecule has 1 N–H and O–H groups in total. The van der Waals surface area contributed by atoms with Crippen LogP contribution in [0, 0.1) is 0 Å². The first-order valence-corrected chi connectivity index (χ1v) is 8.42. The number of imide groups is 1. The molecule has 0 aliphatic rings. The lowest BCUT2D eigenvalue weighted by Gasteiger charge is -2.12. The molecule has 2 rings (SSSR count). The van der Waals surface area contributed by atoms with Crippen molar-refractivity contribution >= 4 is 35.0 Å². The molecular weight excluding hydrogens is 365 g/mol. The molecule has 2 aromatic rings. The third-order valence-electron chi connectivity index (χ3n) is 3.31. The maximum Gasteiger partial charge on any atom is 0.241 e. The van der Waals surface area contributed by atoms with Gasteiger partial charge in [-0.25, -0.2) is 0 Å². The van der Waals surface area contributed by atoms with Crippen molar-refractivity contribution in [1.82, 2.24) is 5.32 Å². The average Bonchev–Trinajstić information content (AvgIpc) is 2.62. The fraction of sp³-hybridized carbons (Fsp3) is 0.222. The molecule has 0 radical (unpaired) electrons. The van der Waals surface area contributed by atoms with Crippen LogP contribution in [0.1, 0.15) is 12.0 Å². The number of rotatable bonds is 7. The molecule has 0 aliphatic carbocycles. The summed E-state index contributed by atoms with van der Waals surface area (Å²) in [6, 6.07) is 12.4. The van der Waals surface area contributed by atoms with Gasteiger partial charge in [-0.2, -0.15) is 0 Å². The summed E-state index contributed by atoms with van der Waals surface area (Å²) in [6.45, 7) is 0. The van der Waals surface area contributed by atoms with Gasteiger partial charge >= 0.3 is 0 Å². The van der Waals surface area contributed by atoms with Gasteiger partial charge in [0.05, 0.1) is 7.11 Å². The lowest BCUT2D eigenvalue weighted by atomic mass is 10.1. The molecule has 25 heavy (non-hydrogen) atoms. The predicted octanol–water partition coefficient (Wildman–Crippen LogP) is 3.96. The van der Waals surface area contributed by atoms with Gasteiger partial charge in [-0.15, -0.1) is 11.6 Å². The quantitative estimate of drug-likeness (QED) is 0.737. The van der Waals surface area contributed by atoms with Gasteiger partial charge in [0.25, 0.3) is 0 Å². The Morgan fingerprint density at radius 3 is 2.40 bits per heavy atom. The number of aryl methyl sites for hydroxylation is 1. The van der Waals surface area contributed by atoms with Gasteiger partial charge in [-0.1, -0.05) is 17.7 Å². The van der Waals surface area contributed by atoms with Crippen LogP contribution in [0.15, 0.2) is 42.5 Å². The van der Waals surface area contributed by atoms with E-state index in [9.17, 15) is 9.59 Å². The standard InChI is InChI=1S/C18H17Cl2NO4/c1-24-16-10-12(3-9-17(22)21-18(23)11-19)2-8-15(16)25-14-6-4-13(20)5-7-14/h2,4-8,10H,3,9,11H2,1H3,(H,21,22,23). The second kappa shape index (κ2) is 9.30. The Bertz CT molecular complexity index is 747. The highest BCUT2D eigenvalue weighted by Gasteiger charge is 2.10. The number of alkyl halides is 1. The van der Waals surface area contributed by atoms with E-state index in [4.69, 9.17) is 32.7 Å². The fourth-order valence-corrected chi connectivity index (χ4v) is 2.28. The van der Waals surface area contributed by atoms with Gasteiger partial charge in [0.2, 0.25) is 11.8 Å². The van der Waals surface area contributed by atoms with Crippen LogP contribution >= 0.6 is 23.2 Å². The van der Waals surface area contributed by atoms with Gasteiger partial charge in [0, 0.05) is 11.4 Å². The Morgan fingerprint density at radius 2 is 1.76 bits per heavy atom. The fourth-order valence-electron chi connectivity index (χ4n) is 2.09. The molecule has 7 heteroatoms. The van der Waals surface area contributed by atoms with Crippen LogP contribution in [0.5, 0.6) is 17.2 Å². The summed E-state index contributed by atoms with van der Waals surface area (Å²) in [5.41, 5.74) is 0.883. The summed E-state index contributed by atoms with van der Waals surface area (Å²) in [6.07, 6.45) is 0.627. The Morgan fingerprint density at radius 1 is 1.04 bits per heavy atom. The minimum absolute atomic E-state index is 0.170. The van der Waals surface area contributed by atoms with E-state index < -0.39 is 5.91 Å².